The van der Waals surface area contributed by atoms with Crippen molar-refractivity contribution in [1.82, 2.24) is 5.32 Å². The van der Waals surface area contributed by atoms with Crippen molar-refractivity contribution < 1.29 is 6.17 Å². The lowest BCUT2D eigenvalue weighted by Crippen LogP contribution is -2.33. The van der Waals surface area contributed by atoms with Crippen molar-refractivity contribution in [2.45, 2.75) is 27.2 Å². The highest BCUT2D eigenvalue weighted by molar-refractivity contribution is 5.94. The van der Waals surface area contributed by atoms with E-state index in [1.165, 1.54) is 6.55 Å². The monoisotopic (exact) mass is 232 g/mol. The molecular formula is C15H21NO. The molecule has 0 aliphatic carbocycles. The average Bonchev–Trinajstić information content (AvgIpc) is 2.35. The van der Waals surface area contributed by atoms with Gasteiger partial charge in [0, 0.05) is 12.1 Å². The van der Waals surface area contributed by atoms with Gasteiger partial charge >= 0.3 is 0 Å². The second-order valence-corrected chi connectivity index (χ2v) is 5.15. The van der Waals surface area contributed by atoms with E-state index in [1.807, 2.05) is 31.2 Å². The summed E-state index contributed by atoms with van der Waals surface area (Å²) >= 11 is 0. The Balaban J connectivity index is 2.53. The number of nitrogens with one attached hydrogen (secondary N) is 1. The van der Waals surface area contributed by atoms with Crippen LogP contribution in [0.5, 0.6) is 0 Å². The SMILES string of the molecule is [2H]C=CCC(C)(C)CNC(=O)c1ccc(C)cc1. The van der Waals surface area contributed by atoms with E-state index in [0.29, 0.717) is 12.1 Å². The lowest BCUT2D eigenvalue weighted by molar-refractivity contribution is 0.0937. The first kappa shape index (κ1) is 11.9. The molecule has 0 heterocycles. The minimum atomic E-state index is -0.0436. The minimum absolute atomic E-state index is 0.0299. The molecule has 0 unspecified atom stereocenters. The molecule has 0 aliphatic rings. The van der Waals surface area contributed by atoms with E-state index >= 15 is 0 Å². The largest absolute Gasteiger partial charge is 0.351 e. The number of aryl methyl sites for hydroxylation is 1. The van der Waals surface area contributed by atoms with E-state index < -0.39 is 0 Å². The molecule has 0 atom stereocenters. The molecule has 1 aromatic rings. The van der Waals surface area contributed by atoms with Gasteiger partial charge in [-0.2, -0.15) is 0 Å². The number of carbonyl (C=O) groups excluding carboxylic acids is 1. The predicted octanol–water partition coefficient (Wildman–Crippen LogP) is 3.33. The Bertz CT molecular complexity index is 421. The van der Waals surface area contributed by atoms with Crippen LogP contribution in [0.1, 0.15) is 37.6 Å². The number of hydrogen-bond acceptors (Lipinski definition) is 1. The van der Waals surface area contributed by atoms with Crippen LogP contribution in [0.15, 0.2) is 36.9 Å². The smallest absolute Gasteiger partial charge is 0.251 e. The van der Waals surface area contributed by atoms with Crippen LogP contribution in [0, 0.1) is 12.3 Å². The molecule has 17 heavy (non-hydrogen) atoms. The van der Waals surface area contributed by atoms with E-state index in [0.717, 1.165) is 12.0 Å². The lowest BCUT2D eigenvalue weighted by atomic mass is 9.89. The number of amides is 1. The average molecular weight is 232 g/mol. The van der Waals surface area contributed by atoms with Gasteiger partial charge in [0.15, 0.2) is 0 Å². The summed E-state index contributed by atoms with van der Waals surface area (Å²) in [5.74, 6) is -0.0436. The number of rotatable bonds is 5. The summed E-state index contributed by atoms with van der Waals surface area (Å²) in [6, 6.07) is 7.54. The second kappa shape index (κ2) is 5.67. The maximum absolute atomic E-state index is 11.9. The quantitative estimate of drug-likeness (QED) is 0.775. The van der Waals surface area contributed by atoms with E-state index in [9.17, 15) is 4.79 Å². The molecule has 0 spiro atoms. The number of carbonyl (C=O) groups is 1. The van der Waals surface area contributed by atoms with Crippen molar-refractivity contribution in [2.75, 3.05) is 6.54 Å². The summed E-state index contributed by atoms with van der Waals surface area (Å²) in [5.41, 5.74) is 1.80. The van der Waals surface area contributed by atoms with Crippen LogP contribution in [0.2, 0.25) is 0 Å². The molecule has 0 fully saturated rings. The first-order valence-electron chi connectivity index (χ1n) is 6.41. The fourth-order valence-electron chi connectivity index (χ4n) is 1.52. The zero-order valence-corrected chi connectivity index (χ0v) is 10.8. The van der Waals surface area contributed by atoms with Gasteiger partial charge in [0.25, 0.3) is 5.91 Å². The van der Waals surface area contributed by atoms with Crippen LogP contribution in [0.3, 0.4) is 0 Å². The Morgan fingerprint density at radius 1 is 1.47 bits per heavy atom. The van der Waals surface area contributed by atoms with Crippen LogP contribution < -0.4 is 5.32 Å². The maximum atomic E-state index is 11.9. The Morgan fingerprint density at radius 3 is 2.71 bits per heavy atom. The molecule has 1 N–H and O–H groups in total. The van der Waals surface area contributed by atoms with E-state index in [-0.39, 0.29) is 11.3 Å². The normalized spacial score (nSPS) is 12.5. The first-order chi connectivity index (χ1) is 8.44. The van der Waals surface area contributed by atoms with Crippen LogP contribution in [0.4, 0.5) is 0 Å². The fraction of sp³-hybridized carbons (Fsp3) is 0.400. The Hall–Kier alpha value is -1.57. The molecule has 0 aliphatic heterocycles. The van der Waals surface area contributed by atoms with Gasteiger partial charge in [0.05, 0.1) is 1.37 Å². The Kier molecular flexibility index (Phi) is 3.97. The Labute approximate surface area is 105 Å². The van der Waals surface area contributed by atoms with E-state index in [1.54, 1.807) is 6.08 Å². The van der Waals surface area contributed by atoms with Crippen LogP contribution in [-0.4, -0.2) is 12.5 Å². The molecule has 1 amide bonds. The molecule has 0 saturated carbocycles. The van der Waals surface area contributed by atoms with Gasteiger partial charge in [-0.25, -0.2) is 0 Å². The molecule has 0 radical (unpaired) electrons. The van der Waals surface area contributed by atoms with Gasteiger partial charge < -0.3 is 5.32 Å². The van der Waals surface area contributed by atoms with Crippen LogP contribution in [-0.2, 0) is 0 Å². The van der Waals surface area contributed by atoms with Crippen molar-refractivity contribution in [2.24, 2.45) is 5.41 Å². The number of hydrogen-bond donors (Lipinski definition) is 1. The van der Waals surface area contributed by atoms with Crippen molar-refractivity contribution in [1.29, 1.82) is 0 Å². The summed E-state index contributed by atoms with van der Waals surface area (Å²) in [6.45, 7) is 8.04. The van der Waals surface area contributed by atoms with Gasteiger partial charge in [0.2, 0.25) is 0 Å². The van der Waals surface area contributed by atoms with Crippen molar-refractivity contribution in [3.8, 4) is 0 Å². The molecule has 0 aromatic heterocycles. The standard InChI is InChI=1S/C15H21NO/c1-5-10-15(3,4)11-16-14(17)13-8-6-12(2)7-9-13/h5-9H,1,10-11H2,2-4H3,(H,16,17)/i1D. The fourth-order valence-corrected chi connectivity index (χ4v) is 1.52. The molecule has 2 heteroatoms. The third-order valence-electron chi connectivity index (χ3n) is 2.71. The van der Waals surface area contributed by atoms with Gasteiger partial charge in [0.1, 0.15) is 0 Å². The first-order valence-corrected chi connectivity index (χ1v) is 5.83. The number of allylic oxidation sites excluding steroid dienone is 1. The highest BCUT2D eigenvalue weighted by Gasteiger charge is 2.17. The van der Waals surface area contributed by atoms with Gasteiger partial charge in [-0.15, -0.1) is 6.55 Å². The van der Waals surface area contributed by atoms with Crippen molar-refractivity contribution in [3.05, 3.63) is 48.0 Å². The van der Waals surface area contributed by atoms with E-state index in [4.69, 9.17) is 1.37 Å². The zero-order valence-electron chi connectivity index (χ0n) is 11.8. The molecular weight excluding hydrogens is 210 g/mol. The van der Waals surface area contributed by atoms with Gasteiger partial charge in [-0.05, 0) is 30.9 Å². The summed E-state index contributed by atoms with van der Waals surface area (Å²) in [5, 5.41) is 2.93. The highest BCUT2D eigenvalue weighted by Crippen LogP contribution is 2.19. The van der Waals surface area contributed by atoms with Gasteiger partial charge in [-0.3, -0.25) is 4.79 Å². The van der Waals surface area contributed by atoms with Crippen LogP contribution in [0.25, 0.3) is 0 Å². The second-order valence-electron chi connectivity index (χ2n) is 5.15. The molecule has 1 aromatic carbocycles. The molecule has 0 saturated heterocycles. The van der Waals surface area contributed by atoms with Crippen molar-refractivity contribution >= 4 is 5.91 Å². The molecule has 1 rings (SSSR count). The third-order valence-corrected chi connectivity index (χ3v) is 2.71. The summed E-state index contributed by atoms with van der Waals surface area (Å²) in [6.07, 6.45) is 2.59. The van der Waals surface area contributed by atoms with Gasteiger partial charge in [-0.1, -0.05) is 37.6 Å². The van der Waals surface area contributed by atoms with Crippen LogP contribution >= 0.6 is 0 Å². The molecule has 2 nitrogen and oxygen atoms in total. The highest BCUT2D eigenvalue weighted by atomic mass is 16.1. The topological polar surface area (TPSA) is 29.1 Å². The molecule has 92 valence electrons. The third kappa shape index (κ3) is 4.43. The lowest BCUT2D eigenvalue weighted by Gasteiger charge is -2.23. The predicted molar refractivity (Wildman–Crippen MR) is 72.1 cm³/mol. The Morgan fingerprint density at radius 2 is 2.12 bits per heavy atom. The maximum Gasteiger partial charge on any atom is 0.251 e. The summed E-state index contributed by atoms with van der Waals surface area (Å²) in [7, 11) is 0. The minimum Gasteiger partial charge on any atom is -0.351 e. The zero-order chi connectivity index (χ0) is 13.6. The van der Waals surface area contributed by atoms with E-state index in [2.05, 4.69) is 19.2 Å². The molecule has 0 bridgehead atoms. The van der Waals surface area contributed by atoms with Crippen molar-refractivity contribution in [3.63, 3.8) is 0 Å². The number of benzene rings is 1. The summed E-state index contributed by atoms with van der Waals surface area (Å²) in [4.78, 5) is 11.9. The summed E-state index contributed by atoms with van der Waals surface area (Å²) < 4.78 is 6.99.